The van der Waals surface area contributed by atoms with Crippen LogP contribution < -0.4 is 0 Å². The molecule has 0 aliphatic carbocycles. The third-order valence-electron chi connectivity index (χ3n) is 2.25. The first kappa shape index (κ1) is 9.66. The molecule has 0 bridgehead atoms. The van der Waals surface area contributed by atoms with Gasteiger partial charge in [0.1, 0.15) is 6.67 Å². The van der Waals surface area contributed by atoms with E-state index >= 15 is 0 Å². The lowest BCUT2D eigenvalue weighted by molar-refractivity contribution is 0.0656. The van der Waals surface area contributed by atoms with Crippen molar-refractivity contribution in [2.24, 2.45) is 5.16 Å². The summed E-state index contributed by atoms with van der Waals surface area (Å²) in [4.78, 5) is 4.87. The van der Waals surface area contributed by atoms with Gasteiger partial charge >= 0.3 is 0 Å². The molecule has 1 heterocycles. The number of nitriles is 1. The third-order valence-corrected chi connectivity index (χ3v) is 2.25. The van der Waals surface area contributed by atoms with Gasteiger partial charge in [-0.25, -0.2) is 4.39 Å². The standard InChI is InChI=1S/C11H9FN2O/c12-6-10-5-11(14-15-10)9-3-1-8(7-13)2-4-9/h1-4,10H,5-6H2. The van der Waals surface area contributed by atoms with Gasteiger partial charge in [-0.1, -0.05) is 17.3 Å². The third kappa shape index (κ3) is 1.96. The van der Waals surface area contributed by atoms with Crippen molar-refractivity contribution in [2.75, 3.05) is 6.67 Å². The fourth-order valence-corrected chi connectivity index (χ4v) is 1.42. The van der Waals surface area contributed by atoms with E-state index in [1.54, 1.807) is 24.3 Å². The summed E-state index contributed by atoms with van der Waals surface area (Å²) in [6, 6.07) is 9.04. The van der Waals surface area contributed by atoms with E-state index in [1.165, 1.54) is 0 Å². The summed E-state index contributed by atoms with van der Waals surface area (Å²) < 4.78 is 12.3. The number of oxime groups is 1. The molecule has 0 N–H and O–H groups in total. The Morgan fingerprint density at radius 1 is 1.47 bits per heavy atom. The lowest BCUT2D eigenvalue weighted by atomic mass is 10.0. The van der Waals surface area contributed by atoms with E-state index < -0.39 is 12.8 Å². The van der Waals surface area contributed by atoms with Crippen LogP contribution in [0.5, 0.6) is 0 Å². The second kappa shape index (κ2) is 4.09. The molecule has 0 aromatic heterocycles. The van der Waals surface area contributed by atoms with Crippen molar-refractivity contribution in [2.45, 2.75) is 12.5 Å². The molecular weight excluding hydrogens is 195 g/mol. The number of rotatable bonds is 2. The highest BCUT2D eigenvalue weighted by atomic mass is 19.1. The average Bonchev–Trinajstić information content (AvgIpc) is 2.78. The van der Waals surface area contributed by atoms with Gasteiger partial charge in [-0.3, -0.25) is 0 Å². The van der Waals surface area contributed by atoms with Gasteiger partial charge in [0.25, 0.3) is 0 Å². The van der Waals surface area contributed by atoms with Gasteiger partial charge in [0.05, 0.1) is 17.3 Å². The highest BCUT2D eigenvalue weighted by Crippen LogP contribution is 2.17. The van der Waals surface area contributed by atoms with E-state index in [4.69, 9.17) is 10.1 Å². The highest BCUT2D eigenvalue weighted by molar-refractivity contribution is 6.01. The molecule has 1 aliphatic heterocycles. The Bertz CT molecular complexity index is 419. The van der Waals surface area contributed by atoms with Crippen LogP contribution in [0.3, 0.4) is 0 Å². The molecule has 0 amide bonds. The fraction of sp³-hybridized carbons (Fsp3) is 0.273. The lowest BCUT2D eigenvalue weighted by Crippen LogP contribution is -2.10. The molecule has 4 heteroatoms. The second-order valence-electron chi connectivity index (χ2n) is 3.31. The maximum Gasteiger partial charge on any atom is 0.161 e. The maximum atomic E-state index is 12.3. The Balaban J connectivity index is 2.15. The summed E-state index contributed by atoms with van der Waals surface area (Å²) >= 11 is 0. The van der Waals surface area contributed by atoms with Crippen LogP contribution in [0.15, 0.2) is 29.4 Å². The topological polar surface area (TPSA) is 45.4 Å². The van der Waals surface area contributed by atoms with Gasteiger partial charge < -0.3 is 4.84 Å². The zero-order valence-corrected chi connectivity index (χ0v) is 7.98. The van der Waals surface area contributed by atoms with Gasteiger partial charge in [-0.15, -0.1) is 0 Å². The smallest absolute Gasteiger partial charge is 0.161 e. The molecule has 1 atom stereocenters. The molecule has 15 heavy (non-hydrogen) atoms. The summed E-state index contributed by atoms with van der Waals surface area (Å²) in [6.07, 6.45) is 0.0400. The molecule has 0 saturated carbocycles. The molecule has 0 fully saturated rings. The highest BCUT2D eigenvalue weighted by Gasteiger charge is 2.21. The first-order valence-corrected chi connectivity index (χ1v) is 4.62. The van der Waals surface area contributed by atoms with Crippen LogP contribution >= 0.6 is 0 Å². The van der Waals surface area contributed by atoms with Crippen LogP contribution in [0.1, 0.15) is 17.5 Å². The summed E-state index contributed by atoms with van der Waals surface area (Å²) in [7, 11) is 0. The molecule has 0 radical (unpaired) electrons. The van der Waals surface area contributed by atoms with Crippen LogP contribution in [0, 0.1) is 11.3 Å². The van der Waals surface area contributed by atoms with E-state index in [0.717, 1.165) is 11.3 Å². The average molecular weight is 204 g/mol. The van der Waals surface area contributed by atoms with Crippen LogP contribution in [0.2, 0.25) is 0 Å². The number of nitrogens with zero attached hydrogens (tertiary/aromatic N) is 2. The number of halogens is 1. The van der Waals surface area contributed by atoms with Gasteiger partial charge in [0.2, 0.25) is 0 Å². The van der Waals surface area contributed by atoms with E-state index in [-0.39, 0.29) is 0 Å². The van der Waals surface area contributed by atoms with Crippen molar-refractivity contribution in [3.05, 3.63) is 35.4 Å². The molecule has 1 unspecified atom stereocenters. The maximum absolute atomic E-state index is 12.3. The van der Waals surface area contributed by atoms with Gasteiger partial charge in [-0.05, 0) is 17.7 Å². The van der Waals surface area contributed by atoms with Gasteiger partial charge in [0.15, 0.2) is 6.10 Å². The number of benzene rings is 1. The second-order valence-corrected chi connectivity index (χ2v) is 3.31. The molecule has 76 valence electrons. The Labute approximate surface area is 86.8 Å². The van der Waals surface area contributed by atoms with Crippen LogP contribution in [0.25, 0.3) is 0 Å². The summed E-state index contributed by atoms with van der Waals surface area (Å²) in [5.74, 6) is 0. The lowest BCUT2D eigenvalue weighted by Gasteiger charge is -2.00. The zero-order valence-electron chi connectivity index (χ0n) is 7.98. The minimum atomic E-state index is -0.525. The Morgan fingerprint density at radius 3 is 2.73 bits per heavy atom. The molecule has 1 aromatic carbocycles. The molecule has 1 aliphatic rings. The first-order valence-electron chi connectivity index (χ1n) is 4.62. The number of alkyl halides is 1. The quantitative estimate of drug-likeness (QED) is 0.739. The normalized spacial score (nSPS) is 19.2. The van der Waals surface area contributed by atoms with Crippen molar-refractivity contribution >= 4 is 5.71 Å². The largest absolute Gasteiger partial charge is 0.389 e. The van der Waals surface area contributed by atoms with Crippen molar-refractivity contribution in [1.29, 1.82) is 5.26 Å². The molecular formula is C11H9FN2O. The van der Waals surface area contributed by atoms with E-state index in [1.807, 2.05) is 6.07 Å². The molecule has 0 saturated heterocycles. The van der Waals surface area contributed by atoms with Crippen molar-refractivity contribution in [3.8, 4) is 6.07 Å². The monoisotopic (exact) mass is 204 g/mol. The van der Waals surface area contributed by atoms with Gasteiger partial charge in [-0.2, -0.15) is 5.26 Å². The van der Waals surface area contributed by atoms with Gasteiger partial charge in [0, 0.05) is 6.42 Å². The van der Waals surface area contributed by atoms with Crippen LogP contribution in [0.4, 0.5) is 4.39 Å². The Kier molecular flexibility index (Phi) is 2.64. The fourth-order valence-electron chi connectivity index (χ4n) is 1.42. The van der Waals surface area contributed by atoms with Crippen LogP contribution in [-0.4, -0.2) is 18.5 Å². The zero-order chi connectivity index (χ0) is 10.7. The minimum Gasteiger partial charge on any atom is -0.389 e. The summed E-state index contributed by atoms with van der Waals surface area (Å²) in [5, 5.41) is 12.4. The van der Waals surface area contributed by atoms with Crippen molar-refractivity contribution in [1.82, 2.24) is 0 Å². The van der Waals surface area contributed by atoms with Crippen LogP contribution in [-0.2, 0) is 4.84 Å². The molecule has 1 aromatic rings. The predicted molar refractivity (Wildman–Crippen MR) is 53.2 cm³/mol. The SMILES string of the molecule is N#Cc1ccc(C2=NOC(CF)C2)cc1. The van der Waals surface area contributed by atoms with E-state index in [9.17, 15) is 4.39 Å². The van der Waals surface area contributed by atoms with Crippen molar-refractivity contribution in [3.63, 3.8) is 0 Å². The van der Waals surface area contributed by atoms with Crippen molar-refractivity contribution < 1.29 is 9.23 Å². The van der Waals surface area contributed by atoms with E-state index in [2.05, 4.69) is 5.16 Å². The molecule has 3 nitrogen and oxygen atoms in total. The minimum absolute atomic E-state index is 0.448. The Morgan fingerprint density at radius 2 is 2.20 bits per heavy atom. The number of hydrogen-bond acceptors (Lipinski definition) is 3. The molecule has 2 rings (SSSR count). The molecule has 0 spiro atoms. The first-order chi connectivity index (χ1) is 7.33. The Hall–Kier alpha value is -1.89. The predicted octanol–water partition coefficient (Wildman–Crippen LogP) is 2.02. The van der Waals surface area contributed by atoms with E-state index in [0.29, 0.717) is 12.0 Å². The summed E-state index contributed by atoms with van der Waals surface area (Å²) in [6.45, 7) is -0.525. The summed E-state index contributed by atoms with van der Waals surface area (Å²) in [5.41, 5.74) is 2.22. The number of hydrogen-bond donors (Lipinski definition) is 0.